The van der Waals surface area contributed by atoms with Crippen LogP contribution < -0.4 is 11.1 Å². The lowest BCUT2D eigenvalue weighted by atomic mass is 10.2. The van der Waals surface area contributed by atoms with E-state index in [1.54, 1.807) is 30.3 Å². The van der Waals surface area contributed by atoms with E-state index in [9.17, 15) is 4.79 Å². The van der Waals surface area contributed by atoms with Crippen molar-refractivity contribution in [2.75, 3.05) is 24.8 Å². The normalized spacial score (nSPS) is 10.4. The van der Waals surface area contributed by atoms with Crippen molar-refractivity contribution in [2.45, 2.75) is 6.54 Å². The van der Waals surface area contributed by atoms with Gasteiger partial charge in [-0.2, -0.15) is 5.10 Å². The van der Waals surface area contributed by atoms with Crippen LogP contribution in [0.4, 0.5) is 11.5 Å². The predicted octanol–water partition coefficient (Wildman–Crippen LogP) is 0.759. The highest BCUT2D eigenvalue weighted by molar-refractivity contribution is 6.04. The fourth-order valence-corrected chi connectivity index (χ4v) is 1.53. The maximum absolute atomic E-state index is 11.9. The van der Waals surface area contributed by atoms with Crippen LogP contribution in [0.3, 0.4) is 0 Å². The van der Waals surface area contributed by atoms with Gasteiger partial charge in [0, 0.05) is 25.1 Å². The molecule has 2 heterocycles. The molecule has 1 amide bonds. The van der Waals surface area contributed by atoms with Gasteiger partial charge in [0.05, 0.1) is 25.0 Å². The molecule has 3 N–H and O–H groups in total. The van der Waals surface area contributed by atoms with Gasteiger partial charge in [0.25, 0.3) is 5.91 Å². The number of nitrogens with zero attached hydrogens (tertiary/aromatic N) is 3. The summed E-state index contributed by atoms with van der Waals surface area (Å²) >= 11 is 0. The largest absolute Gasteiger partial charge is 0.384 e. The van der Waals surface area contributed by atoms with E-state index in [2.05, 4.69) is 15.4 Å². The molecule has 7 heteroatoms. The van der Waals surface area contributed by atoms with Crippen molar-refractivity contribution in [2.24, 2.45) is 0 Å². The van der Waals surface area contributed by atoms with Crippen LogP contribution in [0.2, 0.25) is 0 Å². The van der Waals surface area contributed by atoms with Crippen molar-refractivity contribution in [1.82, 2.24) is 14.8 Å². The molecule has 0 radical (unpaired) electrons. The summed E-state index contributed by atoms with van der Waals surface area (Å²) in [5, 5.41) is 6.84. The summed E-state index contributed by atoms with van der Waals surface area (Å²) in [5.41, 5.74) is 6.60. The first-order valence-electron chi connectivity index (χ1n) is 5.73. The topological polar surface area (TPSA) is 95.1 Å². The quantitative estimate of drug-likeness (QED) is 0.828. The van der Waals surface area contributed by atoms with Gasteiger partial charge in [-0.15, -0.1) is 0 Å². The summed E-state index contributed by atoms with van der Waals surface area (Å²) < 4.78 is 6.64. The number of aromatic nitrogens is 3. The molecule has 0 saturated carbocycles. The third kappa shape index (κ3) is 3.52. The molecule has 7 nitrogen and oxygen atoms in total. The number of methoxy groups -OCH3 is 1. The van der Waals surface area contributed by atoms with Crippen molar-refractivity contribution in [1.29, 1.82) is 0 Å². The molecule has 2 aromatic heterocycles. The minimum absolute atomic E-state index is 0.250. The first-order valence-corrected chi connectivity index (χ1v) is 5.73. The van der Waals surface area contributed by atoms with E-state index in [1.807, 2.05) is 0 Å². The zero-order valence-corrected chi connectivity index (χ0v) is 10.5. The molecule has 0 fully saturated rings. The molecule has 0 atom stereocenters. The van der Waals surface area contributed by atoms with E-state index in [0.717, 1.165) is 0 Å². The van der Waals surface area contributed by atoms with E-state index in [0.29, 0.717) is 30.2 Å². The molecular formula is C12H15N5O2. The van der Waals surface area contributed by atoms with Gasteiger partial charge in [0.15, 0.2) is 0 Å². The van der Waals surface area contributed by atoms with Gasteiger partial charge in [0.1, 0.15) is 5.82 Å². The summed E-state index contributed by atoms with van der Waals surface area (Å²) in [4.78, 5) is 15.8. The van der Waals surface area contributed by atoms with Gasteiger partial charge in [-0.25, -0.2) is 4.98 Å². The molecule has 0 saturated heterocycles. The highest BCUT2D eigenvalue weighted by atomic mass is 16.5. The third-order valence-corrected chi connectivity index (χ3v) is 2.46. The fraction of sp³-hybridized carbons (Fsp3) is 0.250. The van der Waals surface area contributed by atoms with Crippen LogP contribution in [0, 0.1) is 0 Å². The Morgan fingerprint density at radius 2 is 2.42 bits per heavy atom. The average Bonchev–Trinajstić information content (AvgIpc) is 2.84. The van der Waals surface area contributed by atoms with Crippen LogP contribution in [-0.4, -0.2) is 34.4 Å². The predicted molar refractivity (Wildman–Crippen MR) is 70.7 cm³/mol. The van der Waals surface area contributed by atoms with Gasteiger partial charge in [-0.1, -0.05) is 0 Å². The Labute approximate surface area is 110 Å². The zero-order chi connectivity index (χ0) is 13.7. The minimum atomic E-state index is -0.250. The van der Waals surface area contributed by atoms with Crippen molar-refractivity contribution >= 4 is 17.4 Å². The molecule has 0 bridgehead atoms. The first-order chi connectivity index (χ1) is 9.19. The Morgan fingerprint density at radius 3 is 3.16 bits per heavy atom. The number of ether oxygens (including phenoxy) is 1. The smallest absolute Gasteiger partial charge is 0.255 e. The second-order valence-electron chi connectivity index (χ2n) is 3.91. The van der Waals surface area contributed by atoms with Crippen molar-refractivity contribution < 1.29 is 9.53 Å². The highest BCUT2D eigenvalue weighted by Gasteiger charge is 2.08. The fourth-order valence-electron chi connectivity index (χ4n) is 1.53. The maximum atomic E-state index is 11.9. The number of pyridine rings is 1. The molecule has 2 aromatic rings. The lowest BCUT2D eigenvalue weighted by Crippen LogP contribution is -2.12. The number of amides is 1. The summed E-state index contributed by atoms with van der Waals surface area (Å²) in [5.74, 6) is 0.0591. The van der Waals surface area contributed by atoms with Crippen LogP contribution >= 0.6 is 0 Å². The lowest BCUT2D eigenvalue weighted by Gasteiger charge is -2.02. The van der Waals surface area contributed by atoms with Crippen LogP contribution in [-0.2, 0) is 11.3 Å². The van der Waals surface area contributed by atoms with E-state index in [1.165, 1.54) is 12.3 Å². The van der Waals surface area contributed by atoms with Gasteiger partial charge < -0.3 is 15.8 Å². The molecule has 0 aliphatic heterocycles. The maximum Gasteiger partial charge on any atom is 0.255 e. The zero-order valence-electron chi connectivity index (χ0n) is 10.5. The van der Waals surface area contributed by atoms with Crippen molar-refractivity contribution in [3.63, 3.8) is 0 Å². The molecule has 0 aliphatic rings. The van der Waals surface area contributed by atoms with Crippen LogP contribution in [0.25, 0.3) is 0 Å². The molecule has 100 valence electrons. The summed E-state index contributed by atoms with van der Waals surface area (Å²) in [6.45, 7) is 1.20. The lowest BCUT2D eigenvalue weighted by molar-refractivity contribution is 0.102. The summed E-state index contributed by atoms with van der Waals surface area (Å²) in [6, 6.07) is 3.12. The number of hydrogen-bond acceptors (Lipinski definition) is 5. The van der Waals surface area contributed by atoms with Gasteiger partial charge >= 0.3 is 0 Å². The summed E-state index contributed by atoms with van der Waals surface area (Å²) in [7, 11) is 1.63. The molecule has 19 heavy (non-hydrogen) atoms. The Hall–Kier alpha value is -2.41. The van der Waals surface area contributed by atoms with Crippen molar-refractivity contribution in [3.05, 3.63) is 36.3 Å². The van der Waals surface area contributed by atoms with Crippen LogP contribution in [0.15, 0.2) is 30.7 Å². The monoisotopic (exact) mass is 261 g/mol. The Kier molecular flexibility index (Phi) is 4.09. The number of nitrogens with one attached hydrogen (secondary N) is 1. The SMILES string of the molecule is COCCn1cc(NC(=O)c2ccnc(N)c2)cn1. The van der Waals surface area contributed by atoms with Crippen LogP contribution in [0.1, 0.15) is 10.4 Å². The number of rotatable bonds is 5. The number of carbonyl (C=O) groups is 1. The molecule has 0 aliphatic carbocycles. The number of anilines is 2. The molecule has 0 aromatic carbocycles. The second-order valence-corrected chi connectivity index (χ2v) is 3.91. The standard InChI is InChI=1S/C12H15N5O2/c1-19-5-4-17-8-10(7-15-17)16-12(18)9-2-3-14-11(13)6-9/h2-3,6-8H,4-5H2,1H3,(H2,13,14)(H,16,18). The molecule has 0 spiro atoms. The number of nitrogens with two attached hydrogens (primary N) is 1. The number of carbonyl (C=O) groups excluding carboxylic acids is 1. The Morgan fingerprint density at radius 1 is 1.58 bits per heavy atom. The molecule has 0 unspecified atom stereocenters. The minimum Gasteiger partial charge on any atom is -0.384 e. The summed E-state index contributed by atoms with van der Waals surface area (Å²) in [6.07, 6.45) is 4.81. The highest BCUT2D eigenvalue weighted by Crippen LogP contribution is 2.09. The van der Waals surface area contributed by atoms with E-state index >= 15 is 0 Å². The first kappa shape index (κ1) is 13.0. The van der Waals surface area contributed by atoms with E-state index in [-0.39, 0.29) is 5.91 Å². The van der Waals surface area contributed by atoms with Crippen LogP contribution in [0.5, 0.6) is 0 Å². The Bertz CT molecular complexity index is 567. The third-order valence-electron chi connectivity index (χ3n) is 2.46. The average molecular weight is 261 g/mol. The molecule has 2 rings (SSSR count). The molecular weight excluding hydrogens is 246 g/mol. The number of nitrogen functional groups attached to an aromatic ring is 1. The number of hydrogen-bond donors (Lipinski definition) is 2. The van der Waals surface area contributed by atoms with Gasteiger partial charge in [0.2, 0.25) is 0 Å². The van der Waals surface area contributed by atoms with E-state index < -0.39 is 0 Å². The Balaban J connectivity index is 2.00. The van der Waals surface area contributed by atoms with Crippen molar-refractivity contribution in [3.8, 4) is 0 Å². The van der Waals surface area contributed by atoms with Gasteiger partial charge in [-0.3, -0.25) is 9.48 Å². The van der Waals surface area contributed by atoms with Gasteiger partial charge in [-0.05, 0) is 12.1 Å². The van der Waals surface area contributed by atoms with E-state index in [4.69, 9.17) is 10.5 Å². The second kappa shape index (κ2) is 5.96.